The van der Waals surface area contributed by atoms with E-state index >= 15 is 0 Å². The number of hydrogen-bond donors (Lipinski definition) is 1. The van der Waals surface area contributed by atoms with Crippen molar-refractivity contribution in [1.29, 1.82) is 0 Å². The molecule has 1 saturated heterocycles. The predicted molar refractivity (Wildman–Crippen MR) is 108 cm³/mol. The Labute approximate surface area is 173 Å². The SMILES string of the molecule is COc1ccc(N2CCN3C(=O)C(=O)[N+](CC(=O)Nc4ccc(C)cc4)=NC32)cc1. The van der Waals surface area contributed by atoms with Gasteiger partial charge in [0, 0.05) is 29.6 Å². The summed E-state index contributed by atoms with van der Waals surface area (Å²) in [4.78, 5) is 40.8. The molecule has 0 aliphatic carbocycles. The molecule has 0 aromatic heterocycles. The van der Waals surface area contributed by atoms with E-state index in [2.05, 4.69) is 10.4 Å². The van der Waals surface area contributed by atoms with Crippen LogP contribution in [0, 0.1) is 6.92 Å². The number of hydrogen-bond acceptors (Lipinski definition) is 6. The fourth-order valence-electron chi connectivity index (χ4n) is 3.48. The van der Waals surface area contributed by atoms with E-state index < -0.39 is 24.0 Å². The molecule has 0 spiro atoms. The van der Waals surface area contributed by atoms with Crippen molar-refractivity contribution in [2.24, 2.45) is 5.11 Å². The summed E-state index contributed by atoms with van der Waals surface area (Å²) in [6, 6.07) is 14.7. The van der Waals surface area contributed by atoms with Gasteiger partial charge in [0.25, 0.3) is 18.7 Å². The Morgan fingerprint density at radius 3 is 2.43 bits per heavy atom. The number of rotatable bonds is 5. The van der Waals surface area contributed by atoms with Crippen molar-refractivity contribution in [3.8, 4) is 5.75 Å². The van der Waals surface area contributed by atoms with E-state index in [4.69, 9.17) is 4.74 Å². The van der Waals surface area contributed by atoms with Gasteiger partial charge in [-0.25, -0.2) is 4.79 Å². The molecule has 2 aromatic carbocycles. The number of ether oxygens (including phenoxy) is 1. The zero-order valence-electron chi connectivity index (χ0n) is 16.7. The van der Waals surface area contributed by atoms with Crippen molar-refractivity contribution in [3.63, 3.8) is 0 Å². The second-order valence-corrected chi connectivity index (χ2v) is 7.13. The Balaban J connectivity index is 1.53. The zero-order valence-corrected chi connectivity index (χ0v) is 16.7. The first-order chi connectivity index (χ1) is 14.5. The maximum atomic E-state index is 12.6. The van der Waals surface area contributed by atoms with Crippen LogP contribution in [0.5, 0.6) is 5.75 Å². The lowest BCUT2D eigenvalue weighted by Crippen LogP contribution is -2.52. The number of benzene rings is 2. The highest BCUT2D eigenvalue weighted by Crippen LogP contribution is 2.28. The molecular formula is C21H22N5O4+. The summed E-state index contributed by atoms with van der Waals surface area (Å²) in [6.07, 6.45) is -0.671. The summed E-state index contributed by atoms with van der Waals surface area (Å²) >= 11 is 0. The number of fused-ring (bicyclic) bond motifs is 1. The van der Waals surface area contributed by atoms with Crippen LogP contribution >= 0.6 is 0 Å². The van der Waals surface area contributed by atoms with Crippen LogP contribution in [-0.4, -0.2) is 60.4 Å². The van der Waals surface area contributed by atoms with Crippen molar-refractivity contribution in [2.45, 2.75) is 13.2 Å². The number of carbonyl (C=O) groups excluding carboxylic acids is 3. The molecule has 154 valence electrons. The normalized spacial score (nSPS) is 18.2. The molecule has 0 saturated carbocycles. The monoisotopic (exact) mass is 408 g/mol. The summed E-state index contributed by atoms with van der Waals surface area (Å²) in [5, 5.41) is 7.12. The van der Waals surface area contributed by atoms with Crippen LogP contribution in [0.1, 0.15) is 5.56 Å². The smallest absolute Gasteiger partial charge is 0.497 e. The summed E-state index contributed by atoms with van der Waals surface area (Å²) in [5.74, 6) is -1.17. The third-order valence-electron chi connectivity index (χ3n) is 5.09. The van der Waals surface area contributed by atoms with Crippen molar-refractivity contribution in [2.75, 3.05) is 37.0 Å². The highest BCUT2D eigenvalue weighted by atomic mass is 16.5. The standard InChI is InChI=1S/C21H21N5O4/c1-14-3-5-15(6-4-14)22-18(27)13-26-20(29)19(28)25-12-11-24(21(25)23-26)16-7-9-17(30-2)10-8-16/h3-10,21H,11-13H2,1-2H3/p+1. The fraction of sp³-hybridized carbons (Fsp3) is 0.286. The molecule has 1 fully saturated rings. The van der Waals surface area contributed by atoms with E-state index in [-0.39, 0.29) is 6.54 Å². The Bertz CT molecular complexity index is 1020. The number of anilines is 2. The number of aryl methyl sites for hydroxylation is 1. The second kappa shape index (κ2) is 7.94. The molecule has 4 rings (SSSR count). The lowest BCUT2D eigenvalue weighted by molar-refractivity contribution is -0.509. The second-order valence-electron chi connectivity index (χ2n) is 7.13. The molecule has 9 heteroatoms. The lowest BCUT2D eigenvalue weighted by Gasteiger charge is -2.27. The minimum atomic E-state index is -0.804. The van der Waals surface area contributed by atoms with Gasteiger partial charge in [0.2, 0.25) is 0 Å². The Hall–Kier alpha value is -3.75. The summed E-state index contributed by atoms with van der Waals surface area (Å²) < 4.78 is 6.14. The molecule has 2 heterocycles. The van der Waals surface area contributed by atoms with Crippen LogP contribution in [0.25, 0.3) is 0 Å². The molecule has 3 amide bonds. The lowest BCUT2D eigenvalue weighted by atomic mass is 10.2. The Morgan fingerprint density at radius 1 is 1.10 bits per heavy atom. The quantitative estimate of drug-likeness (QED) is 0.599. The molecule has 1 N–H and O–H groups in total. The molecule has 1 atom stereocenters. The number of carbonyl (C=O) groups is 3. The van der Waals surface area contributed by atoms with Crippen LogP contribution in [-0.2, 0) is 14.4 Å². The molecular weight excluding hydrogens is 386 g/mol. The first kappa shape index (κ1) is 19.6. The minimum Gasteiger partial charge on any atom is -0.497 e. The summed E-state index contributed by atoms with van der Waals surface area (Å²) in [6.45, 7) is 2.53. The average molecular weight is 408 g/mol. The molecule has 2 aliphatic heterocycles. The molecule has 2 aromatic rings. The van der Waals surface area contributed by atoms with Crippen molar-refractivity contribution < 1.29 is 23.8 Å². The highest BCUT2D eigenvalue weighted by molar-refractivity contribution is 6.32. The van der Waals surface area contributed by atoms with Gasteiger partial charge in [0.1, 0.15) is 5.75 Å². The van der Waals surface area contributed by atoms with Gasteiger partial charge in [-0.1, -0.05) is 17.7 Å². The summed E-state index contributed by atoms with van der Waals surface area (Å²) in [7, 11) is 1.59. The number of nitrogens with one attached hydrogen (secondary N) is 1. The van der Waals surface area contributed by atoms with Crippen molar-refractivity contribution >= 4 is 29.1 Å². The van der Waals surface area contributed by atoms with Gasteiger partial charge in [-0.2, -0.15) is 0 Å². The number of methoxy groups -OCH3 is 1. The van der Waals surface area contributed by atoms with Crippen LogP contribution in [0.2, 0.25) is 0 Å². The van der Waals surface area contributed by atoms with E-state index in [9.17, 15) is 14.4 Å². The average Bonchev–Trinajstić information content (AvgIpc) is 3.17. The van der Waals surface area contributed by atoms with E-state index in [1.165, 1.54) is 4.90 Å². The van der Waals surface area contributed by atoms with Gasteiger partial charge in [0.05, 0.1) is 7.11 Å². The zero-order chi connectivity index (χ0) is 21.3. The Kier molecular flexibility index (Phi) is 5.18. The predicted octanol–water partition coefficient (Wildman–Crippen LogP) is 1.58. The molecule has 30 heavy (non-hydrogen) atoms. The summed E-state index contributed by atoms with van der Waals surface area (Å²) in [5.41, 5.74) is 2.53. The van der Waals surface area contributed by atoms with E-state index in [1.54, 1.807) is 19.2 Å². The number of azo groups is 2. The van der Waals surface area contributed by atoms with Gasteiger partial charge in [-0.05, 0) is 48.0 Å². The van der Waals surface area contributed by atoms with E-state index in [1.807, 2.05) is 48.2 Å². The minimum absolute atomic E-state index is 0.334. The highest BCUT2D eigenvalue weighted by Gasteiger charge is 2.49. The Morgan fingerprint density at radius 2 is 1.77 bits per heavy atom. The van der Waals surface area contributed by atoms with Crippen LogP contribution < -0.4 is 15.0 Å². The molecule has 1 unspecified atom stereocenters. The van der Waals surface area contributed by atoms with Crippen molar-refractivity contribution in [1.82, 2.24) is 4.90 Å². The third-order valence-corrected chi connectivity index (χ3v) is 5.09. The number of nitrogens with zero attached hydrogens (tertiary/aromatic N) is 4. The van der Waals surface area contributed by atoms with Gasteiger partial charge in [-0.15, -0.1) is 0 Å². The fourth-order valence-corrected chi connectivity index (χ4v) is 3.48. The molecule has 9 nitrogen and oxygen atoms in total. The first-order valence-electron chi connectivity index (χ1n) is 9.57. The van der Waals surface area contributed by atoms with E-state index in [0.29, 0.717) is 18.8 Å². The topological polar surface area (TPSA) is 94.3 Å². The van der Waals surface area contributed by atoms with Gasteiger partial charge in [-0.3, -0.25) is 14.5 Å². The largest absolute Gasteiger partial charge is 0.502 e. The van der Waals surface area contributed by atoms with Gasteiger partial charge >= 0.3 is 11.8 Å². The van der Waals surface area contributed by atoms with Gasteiger partial charge in [0.15, 0.2) is 0 Å². The molecule has 2 aliphatic rings. The maximum absolute atomic E-state index is 12.6. The third kappa shape index (κ3) is 3.73. The maximum Gasteiger partial charge on any atom is 0.502 e. The number of amides is 3. The van der Waals surface area contributed by atoms with E-state index in [0.717, 1.165) is 21.7 Å². The molecule has 0 radical (unpaired) electrons. The van der Waals surface area contributed by atoms with Crippen LogP contribution in [0.3, 0.4) is 0 Å². The van der Waals surface area contributed by atoms with Crippen LogP contribution in [0.4, 0.5) is 11.4 Å². The van der Waals surface area contributed by atoms with Gasteiger partial charge < -0.3 is 15.0 Å². The van der Waals surface area contributed by atoms with Crippen molar-refractivity contribution in [3.05, 3.63) is 54.1 Å². The first-order valence-corrected chi connectivity index (χ1v) is 9.57. The van der Waals surface area contributed by atoms with Crippen LogP contribution in [0.15, 0.2) is 53.6 Å². The molecule has 0 bridgehead atoms.